The van der Waals surface area contributed by atoms with Gasteiger partial charge in [-0.3, -0.25) is 4.79 Å². The molecule has 0 bridgehead atoms. The van der Waals surface area contributed by atoms with E-state index >= 15 is 0 Å². The summed E-state index contributed by atoms with van der Waals surface area (Å²) in [7, 11) is -3.83. The lowest BCUT2D eigenvalue weighted by Crippen LogP contribution is -2.40. The van der Waals surface area contributed by atoms with E-state index in [1.165, 1.54) is 18.2 Å². The van der Waals surface area contributed by atoms with Gasteiger partial charge in [0, 0.05) is 16.0 Å². The van der Waals surface area contributed by atoms with Crippen LogP contribution >= 0.6 is 27.5 Å². The zero-order chi connectivity index (χ0) is 14.2. The van der Waals surface area contributed by atoms with Crippen molar-refractivity contribution < 1.29 is 18.3 Å². The maximum absolute atomic E-state index is 12.5. The maximum Gasteiger partial charge on any atom is 0.322 e. The minimum atomic E-state index is -3.83. The van der Waals surface area contributed by atoms with E-state index in [1.54, 1.807) is 0 Å². The average molecular weight is 369 g/mol. The molecule has 0 amide bonds. The molecule has 0 saturated carbocycles. The molecule has 1 aromatic rings. The van der Waals surface area contributed by atoms with Crippen LogP contribution in [-0.4, -0.2) is 36.4 Å². The normalized spacial score (nSPS) is 20.6. The number of hydrogen-bond acceptors (Lipinski definition) is 3. The molecule has 0 aromatic heterocycles. The molecular weight excluding hydrogens is 358 g/mol. The minimum absolute atomic E-state index is 0.0325. The second-order valence-electron chi connectivity index (χ2n) is 4.19. The summed E-state index contributed by atoms with van der Waals surface area (Å²) < 4.78 is 26.3. The third kappa shape index (κ3) is 2.79. The first-order valence-corrected chi connectivity index (χ1v) is 8.15. The van der Waals surface area contributed by atoms with Crippen molar-refractivity contribution in [1.29, 1.82) is 0 Å². The van der Waals surface area contributed by atoms with Crippen LogP contribution in [0.15, 0.2) is 27.6 Å². The number of carboxylic acids is 1. The quantitative estimate of drug-likeness (QED) is 0.888. The molecule has 104 valence electrons. The SMILES string of the molecule is O=C(O)[C@@H]1CCCN1S(=O)(=O)c1ccc(Cl)cc1Br. The summed E-state index contributed by atoms with van der Waals surface area (Å²) in [6, 6.07) is 3.32. The van der Waals surface area contributed by atoms with E-state index in [4.69, 9.17) is 16.7 Å². The first kappa shape index (κ1) is 14.8. The molecule has 2 rings (SSSR count). The highest BCUT2D eigenvalue weighted by Gasteiger charge is 2.40. The lowest BCUT2D eigenvalue weighted by atomic mass is 10.2. The molecule has 8 heteroatoms. The Morgan fingerprint density at radius 2 is 2.16 bits per heavy atom. The van der Waals surface area contributed by atoms with E-state index in [9.17, 15) is 13.2 Å². The van der Waals surface area contributed by atoms with Crippen LogP contribution in [0.3, 0.4) is 0 Å². The van der Waals surface area contributed by atoms with Gasteiger partial charge in [-0.25, -0.2) is 8.42 Å². The van der Waals surface area contributed by atoms with Crippen LogP contribution in [0, 0.1) is 0 Å². The van der Waals surface area contributed by atoms with Gasteiger partial charge in [-0.1, -0.05) is 11.6 Å². The fraction of sp³-hybridized carbons (Fsp3) is 0.364. The Bertz CT molecular complexity index is 619. The van der Waals surface area contributed by atoms with Crippen LogP contribution in [0.5, 0.6) is 0 Å². The second kappa shape index (κ2) is 5.40. The molecule has 1 aliphatic heterocycles. The standard InChI is InChI=1S/C11H11BrClNO4S/c12-8-6-7(13)3-4-10(8)19(17,18)14-5-1-2-9(14)11(15)16/h3-4,6,9H,1-2,5H2,(H,15,16)/t9-/m0/s1. The number of sulfonamides is 1. The zero-order valence-electron chi connectivity index (χ0n) is 9.71. The van der Waals surface area contributed by atoms with Crippen LogP contribution < -0.4 is 0 Å². The lowest BCUT2D eigenvalue weighted by Gasteiger charge is -2.21. The van der Waals surface area contributed by atoms with Crippen LogP contribution in [0.4, 0.5) is 0 Å². The Balaban J connectivity index is 2.45. The number of nitrogens with zero attached hydrogens (tertiary/aromatic N) is 1. The molecule has 1 fully saturated rings. The Morgan fingerprint density at radius 1 is 1.47 bits per heavy atom. The van der Waals surface area contributed by atoms with Crippen molar-refractivity contribution in [3.8, 4) is 0 Å². The number of hydrogen-bond donors (Lipinski definition) is 1. The van der Waals surface area contributed by atoms with Crippen LogP contribution in [-0.2, 0) is 14.8 Å². The van der Waals surface area contributed by atoms with Gasteiger partial charge in [0.15, 0.2) is 0 Å². The molecule has 1 aliphatic rings. The third-order valence-corrected chi connectivity index (χ3v) is 6.09. The summed E-state index contributed by atoms with van der Waals surface area (Å²) in [5.74, 6) is -1.12. The molecule has 0 spiro atoms. The van der Waals surface area contributed by atoms with Crippen LogP contribution in [0.2, 0.25) is 5.02 Å². The smallest absolute Gasteiger partial charge is 0.322 e. The molecule has 1 saturated heterocycles. The van der Waals surface area contributed by atoms with E-state index in [0.717, 1.165) is 4.31 Å². The monoisotopic (exact) mass is 367 g/mol. The predicted octanol–water partition coefficient (Wildman–Crippen LogP) is 2.34. The summed E-state index contributed by atoms with van der Waals surface area (Å²) in [6.45, 7) is 0.217. The van der Waals surface area contributed by atoms with Crippen LogP contribution in [0.1, 0.15) is 12.8 Å². The molecule has 0 radical (unpaired) electrons. The molecule has 0 unspecified atom stereocenters. The Hall–Kier alpha value is -0.630. The molecular formula is C11H11BrClNO4S. The Kier molecular flexibility index (Phi) is 4.20. The summed E-state index contributed by atoms with van der Waals surface area (Å²) in [5, 5.41) is 9.47. The highest BCUT2D eigenvalue weighted by atomic mass is 79.9. The fourth-order valence-corrected chi connectivity index (χ4v) is 5.08. The Labute approximate surface area is 124 Å². The summed E-state index contributed by atoms with van der Waals surface area (Å²) in [6.07, 6.45) is 0.876. The van der Waals surface area contributed by atoms with Gasteiger partial charge >= 0.3 is 5.97 Å². The third-order valence-electron chi connectivity index (χ3n) is 2.97. The maximum atomic E-state index is 12.5. The topological polar surface area (TPSA) is 74.7 Å². The zero-order valence-corrected chi connectivity index (χ0v) is 12.9. The highest BCUT2D eigenvalue weighted by molar-refractivity contribution is 9.10. The van der Waals surface area contributed by atoms with Crippen molar-refractivity contribution >= 4 is 43.5 Å². The molecule has 1 N–H and O–H groups in total. The fourth-order valence-electron chi connectivity index (χ4n) is 2.09. The predicted molar refractivity (Wildman–Crippen MR) is 73.7 cm³/mol. The van der Waals surface area contributed by atoms with Crippen molar-refractivity contribution in [1.82, 2.24) is 4.31 Å². The average Bonchev–Trinajstić information content (AvgIpc) is 2.77. The number of carboxylic acid groups (broad SMARTS) is 1. The van der Waals surface area contributed by atoms with E-state index in [2.05, 4.69) is 15.9 Å². The number of carbonyl (C=O) groups is 1. The molecule has 1 atom stereocenters. The summed E-state index contributed by atoms with van der Waals surface area (Å²) in [5.41, 5.74) is 0. The first-order valence-electron chi connectivity index (χ1n) is 5.54. The van der Waals surface area contributed by atoms with Crippen molar-refractivity contribution in [2.24, 2.45) is 0 Å². The number of benzene rings is 1. The van der Waals surface area contributed by atoms with Crippen molar-refractivity contribution in [2.45, 2.75) is 23.8 Å². The van der Waals surface area contributed by atoms with E-state index < -0.39 is 22.0 Å². The molecule has 19 heavy (non-hydrogen) atoms. The molecule has 0 aliphatic carbocycles. The van der Waals surface area contributed by atoms with Crippen molar-refractivity contribution in [3.05, 3.63) is 27.7 Å². The van der Waals surface area contributed by atoms with Gasteiger partial charge in [-0.2, -0.15) is 4.31 Å². The van der Waals surface area contributed by atoms with Gasteiger partial charge in [0.1, 0.15) is 6.04 Å². The minimum Gasteiger partial charge on any atom is -0.480 e. The second-order valence-corrected chi connectivity index (χ2v) is 7.34. The number of halogens is 2. The number of aliphatic carboxylic acids is 1. The van der Waals surface area contributed by atoms with E-state index in [0.29, 0.717) is 22.3 Å². The van der Waals surface area contributed by atoms with Crippen LogP contribution in [0.25, 0.3) is 0 Å². The molecule has 1 heterocycles. The van der Waals surface area contributed by atoms with Crippen molar-refractivity contribution in [2.75, 3.05) is 6.54 Å². The highest BCUT2D eigenvalue weighted by Crippen LogP contribution is 2.31. The Morgan fingerprint density at radius 3 is 2.74 bits per heavy atom. The first-order chi connectivity index (χ1) is 8.84. The molecule has 5 nitrogen and oxygen atoms in total. The van der Waals surface area contributed by atoms with E-state index in [1.807, 2.05) is 0 Å². The van der Waals surface area contributed by atoms with Gasteiger partial charge in [0.25, 0.3) is 0 Å². The van der Waals surface area contributed by atoms with E-state index in [-0.39, 0.29) is 11.4 Å². The number of rotatable bonds is 3. The van der Waals surface area contributed by atoms with Crippen molar-refractivity contribution in [3.63, 3.8) is 0 Å². The largest absolute Gasteiger partial charge is 0.480 e. The summed E-state index contributed by atoms with van der Waals surface area (Å²) >= 11 is 8.92. The summed E-state index contributed by atoms with van der Waals surface area (Å²) in [4.78, 5) is 11.1. The van der Waals surface area contributed by atoms with Gasteiger partial charge in [-0.05, 0) is 47.0 Å². The van der Waals surface area contributed by atoms with Gasteiger partial charge in [0.2, 0.25) is 10.0 Å². The lowest BCUT2D eigenvalue weighted by molar-refractivity contribution is -0.140. The van der Waals surface area contributed by atoms with Gasteiger partial charge < -0.3 is 5.11 Å². The van der Waals surface area contributed by atoms with Gasteiger partial charge in [0.05, 0.1) is 4.90 Å². The molecule has 1 aromatic carbocycles. The van der Waals surface area contributed by atoms with Gasteiger partial charge in [-0.15, -0.1) is 0 Å².